The first-order valence-corrected chi connectivity index (χ1v) is 9.45. The zero-order valence-corrected chi connectivity index (χ0v) is 17.2. The Morgan fingerprint density at radius 2 is 2.06 bits per heavy atom. The molecule has 0 fully saturated rings. The van der Waals surface area contributed by atoms with Gasteiger partial charge in [-0.05, 0) is 19.1 Å². The largest absolute Gasteiger partial charge is 0.492 e. The molecule has 3 heterocycles. The Balaban J connectivity index is 1.77. The fourth-order valence-electron chi connectivity index (χ4n) is 3.22. The summed E-state index contributed by atoms with van der Waals surface area (Å²) >= 11 is 0. The lowest BCUT2D eigenvalue weighted by molar-refractivity contribution is 0.0958. The summed E-state index contributed by atoms with van der Waals surface area (Å²) in [6.45, 7) is -0.0960. The van der Waals surface area contributed by atoms with Gasteiger partial charge in [0.15, 0.2) is 23.1 Å². The van der Waals surface area contributed by atoms with Gasteiger partial charge < -0.3 is 20.7 Å². The molecule has 0 saturated carbocycles. The van der Waals surface area contributed by atoms with E-state index in [0.717, 1.165) is 10.9 Å². The number of ether oxygens (including phenoxy) is 1. The number of aryl methyl sites for hydroxylation is 2. The Bertz CT molecular complexity index is 1350. The molecule has 0 spiro atoms. The van der Waals surface area contributed by atoms with Crippen molar-refractivity contribution in [2.24, 2.45) is 7.05 Å². The summed E-state index contributed by atoms with van der Waals surface area (Å²) in [7, 11) is 3.31. The van der Waals surface area contributed by atoms with Crippen LogP contribution in [-0.4, -0.2) is 49.8 Å². The number of benzene rings is 1. The number of hydrogen-bond donors (Lipinski definition) is 3. The van der Waals surface area contributed by atoms with Gasteiger partial charge in [-0.15, -0.1) is 10.2 Å². The molecule has 0 bridgehead atoms. The van der Waals surface area contributed by atoms with E-state index in [1.165, 1.54) is 13.2 Å². The average molecular weight is 424 g/mol. The van der Waals surface area contributed by atoms with Crippen molar-refractivity contribution in [2.75, 3.05) is 24.7 Å². The highest BCUT2D eigenvalue weighted by atomic mass is 16.5. The van der Waals surface area contributed by atoms with Crippen molar-refractivity contribution in [1.82, 2.24) is 35.1 Å². The molecule has 1 amide bonds. The van der Waals surface area contributed by atoms with Crippen LogP contribution >= 0.6 is 0 Å². The fourth-order valence-corrected chi connectivity index (χ4v) is 3.22. The molecule has 0 saturated heterocycles. The number of nitrogens with zero attached hydrogens (tertiary/aromatic N) is 6. The van der Waals surface area contributed by atoms with E-state index in [-0.39, 0.29) is 11.4 Å². The van der Waals surface area contributed by atoms with Crippen LogP contribution in [0.25, 0.3) is 10.9 Å². The monoisotopic (exact) mass is 424 g/mol. The smallest absolute Gasteiger partial charge is 0.273 e. The number of methoxy groups -OCH3 is 1. The van der Waals surface area contributed by atoms with Gasteiger partial charge in [0.05, 0.1) is 24.7 Å². The van der Waals surface area contributed by atoms with Gasteiger partial charge in [-0.25, -0.2) is 0 Å². The van der Waals surface area contributed by atoms with Crippen LogP contribution in [-0.2, 0) is 13.6 Å². The summed E-state index contributed by atoms with van der Waals surface area (Å²) in [5, 5.41) is 25.6. The Hall–Kier alpha value is -4.15. The molecule has 0 aliphatic heterocycles. The molecule has 160 valence electrons. The third kappa shape index (κ3) is 3.84. The maximum atomic E-state index is 12.7. The zero-order valence-electron chi connectivity index (χ0n) is 20.2. The van der Waals surface area contributed by atoms with E-state index in [1.807, 2.05) is 18.3 Å². The second-order valence-corrected chi connectivity index (χ2v) is 6.62. The normalized spacial score (nSPS) is 12.7. The molecule has 4 rings (SSSR count). The molecule has 1 aromatic carbocycles. The van der Waals surface area contributed by atoms with E-state index < -0.39 is 12.9 Å². The maximum Gasteiger partial charge on any atom is 0.273 e. The van der Waals surface area contributed by atoms with Crippen LogP contribution in [0.3, 0.4) is 0 Å². The summed E-state index contributed by atoms with van der Waals surface area (Å²) in [6.07, 6.45) is 3.49. The van der Waals surface area contributed by atoms with Gasteiger partial charge in [0.25, 0.3) is 5.91 Å². The second kappa shape index (κ2) is 8.30. The first kappa shape index (κ1) is 16.6. The van der Waals surface area contributed by atoms with Crippen LogP contribution in [0.2, 0.25) is 0 Å². The van der Waals surface area contributed by atoms with Crippen molar-refractivity contribution in [3.63, 3.8) is 0 Å². The summed E-state index contributed by atoms with van der Waals surface area (Å²) < 4.78 is 31.1. The third-order valence-corrected chi connectivity index (χ3v) is 4.62. The van der Waals surface area contributed by atoms with Crippen molar-refractivity contribution in [3.8, 4) is 5.75 Å². The molecule has 4 aromatic rings. The number of anilines is 4. The van der Waals surface area contributed by atoms with Gasteiger partial charge in [-0.1, -0.05) is 0 Å². The van der Waals surface area contributed by atoms with E-state index >= 15 is 0 Å². The minimum absolute atomic E-state index is 0.200. The second-order valence-electron chi connectivity index (χ2n) is 6.62. The van der Waals surface area contributed by atoms with Gasteiger partial charge in [0.2, 0.25) is 0 Å². The number of hydrogen-bond acceptors (Lipinski definition) is 8. The van der Waals surface area contributed by atoms with Crippen molar-refractivity contribution in [3.05, 3.63) is 42.4 Å². The van der Waals surface area contributed by atoms with Crippen molar-refractivity contribution in [1.29, 1.82) is 0 Å². The Kier molecular flexibility index (Phi) is 4.45. The van der Waals surface area contributed by atoms with Crippen molar-refractivity contribution >= 4 is 39.8 Å². The number of nitrogens with one attached hydrogen (secondary N) is 3. The molecule has 0 aliphatic rings. The van der Waals surface area contributed by atoms with Gasteiger partial charge >= 0.3 is 0 Å². The van der Waals surface area contributed by atoms with Crippen LogP contribution in [0.15, 0.2) is 36.7 Å². The predicted octanol–water partition coefficient (Wildman–Crippen LogP) is 2.44. The summed E-state index contributed by atoms with van der Waals surface area (Å²) in [5.74, 6) is 0.423. The number of rotatable bonds is 7. The fraction of sp³-hybridized carbons (Fsp3) is 0.250. The highest BCUT2D eigenvalue weighted by molar-refractivity contribution is 5.99. The van der Waals surface area contributed by atoms with E-state index in [9.17, 15) is 4.79 Å². The lowest BCUT2D eigenvalue weighted by Crippen LogP contribution is -2.21. The average Bonchev–Trinajstić information content (AvgIpc) is 3.38. The minimum Gasteiger partial charge on any atom is -0.492 e. The highest BCUT2D eigenvalue weighted by Crippen LogP contribution is 2.36. The predicted molar refractivity (Wildman–Crippen MR) is 117 cm³/mol. The molecule has 0 radical (unpaired) electrons. The Morgan fingerprint density at radius 3 is 2.77 bits per heavy atom. The van der Waals surface area contributed by atoms with Crippen LogP contribution in [0.4, 0.5) is 23.0 Å². The van der Waals surface area contributed by atoms with Crippen molar-refractivity contribution in [2.45, 2.75) is 13.5 Å². The number of amides is 1. The molecule has 31 heavy (non-hydrogen) atoms. The number of carbonyl (C=O) groups excluding carboxylic acids is 1. The van der Waals surface area contributed by atoms with Crippen LogP contribution in [0.1, 0.15) is 21.5 Å². The lowest BCUT2D eigenvalue weighted by atomic mass is 10.2. The number of carbonyl (C=O) groups is 1. The molecule has 3 aromatic heterocycles. The zero-order chi connectivity index (χ0) is 24.5. The van der Waals surface area contributed by atoms with Crippen LogP contribution < -0.4 is 20.7 Å². The molecule has 11 heteroatoms. The molecular formula is C20H23N9O2. The number of aromatic nitrogens is 6. The van der Waals surface area contributed by atoms with E-state index in [0.29, 0.717) is 29.6 Å². The topological polar surface area (TPSA) is 124 Å². The molecule has 3 N–H and O–H groups in total. The van der Waals surface area contributed by atoms with E-state index in [2.05, 4.69) is 31.0 Å². The molecule has 0 unspecified atom stereocenters. The highest BCUT2D eigenvalue weighted by Gasteiger charge is 2.18. The first-order chi connectivity index (χ1) is 16.2. The van der Waals surface area contributed by atoms with E-state index in [1.54, 1.807) is 40.9 Å². The standard InChI is InChI=1S/C20H23N9O2/c1-5-29-18-12(11-22-29)6-7-13(19(18)31-4)23-14-10-16(24-15-8-9-28(3)27-15)25-26-17(14)20(30)21-2/h6-11H,5H2,1-4H3,(H,21,30)(H2,23,24,25,27)/i2D3. The van der Waals surface area contributed by atoms with Gasteiger partial charge in [-0.2, -0.15) is 10.2 Å². The van der Waals surface area contributed by atoms with Crippen molar-refractivity contribution < 1.29 is 13.6 Å². The summed E-state index contributed by atoms with van der Waals surface area (Å²) in [4.78, 5) is 12.7. The van der Waals surface area contributed by atoms with Crippen LogP contribution in [0.5, 0.6) is 5.75 Å². The maximum absolute atomic E-state index is 12.7. The van der Waals surface area contributed by atoms with Gasteiger partial charge in [-0.3, -0.25) is 14.2 Å². The molecular weight excluding hydrogens is 398 g/mol. The van der Waals surface area contributed by atoms with Crippen LogP contribution in [0, 0.1) is 0 Å². The molecule has 11 nitrogen and oxygen atoms in total. The third-order valence-electron chi connectivity index (χ3n) is 4.62. The SMILES string of the molecule is [2H]C([2H])([2H])NC(=O)c1nnc(Nc2ccn(C)n2)cc1Nc1ccc2cnn(CC)c2c1OC. The first-order valence-electron chi connectivity index (χ1n) is 10.9. The summed E-state index contributed by atoms with van der Waals surface area (Å²) in [5.41, 5.74) is 1.33. The van der Waals surface area contributed by atoms with Gasteiger partial charge in [0, 0.05) is 48.4 Å². The molecule has 0 aliphatic carbocycles. The molecule has 0 atom stereocenters. The minimum atomic E-state index is -2.69. The van der Waals surface area contributed by atoms with Gasteiger partial charge in [0.1, 0.15) is 5.52 Å². The van der Waals surface area contributed by atoms with E-state index in [4.69, 9.17) is 8.85 Å². The summed E-state index contributed by atoms with van der Waals surface area (Å²) in [6, 6.07) is 6.92. The number of fused-ring (bicyclic) bond motifs is 1. The Labute approximate surface area is 182 Å². The quantitative estimate of drug-likeness (QED) is 0.413. The Morgan fingerprint density at radius 1 is 1.19 bits per heavy atom. The lowest BCUT2D eigenvalue weighted by Gasteiger charge is -2.15.